The van der Waals surface area contributed by atoms with Gasteiger partial charge in [0.1, 0.15) is 11.6 Å². The molecule has 2 rings (SSSR count). The maximum absolute atomic E-state index is 13.9. The molecule has 1 unspecified atom stereocenters. The van der Waals surface area contributed by atoms with Crippen molar-refractivity contribution in [3.05, 3.63) is 70.2 Å². The molecule has 0 saturated carbocycles. The molecule has 0 aromatic heterocycles. The van der Waals surface area contributed by atoms with Crippen LogP contribution in [0.1, 0.15) is 24.5 Å². The van der Waals surface area contributed by atoms with Crippen molar-refractivity contribution in [2.75, 3.05) is 0 Å². The average Bonchev–Trinajstić information content (AvgIpc) is 2.43. The van der Waals surface area contributed by atoms with Crippen LogP contribution >= 0.6 is 11.6 Å². The molecule has 2 aromatic rings. The fraction of sp³-hybridized carbons (Fsp3) is 0.250. The summed E-state index contributed by atoms with van der Waals surface area (Å²) in [7, 11) is 0. The topological polar surface area (TPSA) is 20.2 Å². The first kappa shape index (κ1) is 14.9. The SMILES string of the molecule is CCC(O)(Cc1ccc(F)c(Cl)c1)c1ccccc1F. The van der Waals surface area contributed by atoms with E-state index in [0.717, 1.165) is 0 Å². The third-order valence-electron chi connectivity index (χ3n) is 3.44. The van der Waals surface area contributed by atoms with Crippen LogP contribution < -0.4 is 0 Å². The fourth-order valence-corrected chi connectivity index (χ4v) is 2.44. The predicted molar refractivity (Wildman–Crippen MR) is 75.7 cm³/mol. The Bertz CT molecular complexity index is 615. The summed E-state index contributed by atoms with van der Waals surface area (Å²) in [6.45, 7) is 1.78. The molecule has 0 aliphatic rings. The van der Waals surface area contributed by atoms with E-state index < -0.39 is 17.2 Å². The Morgan fingerprint density at radius 3 is 2.40 bits per heavy atom. The van der Waals surface area contributed by atoms with Crippen LogP contribution in [0.5, 0.6) is 0 Å². The Hall–Kier alpha value is -1.45. The van der Waals surface area contributed by atoms with Gasteiger partial charge in [0.2, 0.25) is 0 Å². The van der Waals surface area contributed by atoms with E-state index in [-0.39, 0.29) is 17.0 Å². The molecule has 0 bridgehead atoms. The third-order valence-corrected chi connectivity index (χ3v) is 3.73. The van der Waals surface area contributed by atoms with Gasteiger partial charge in [0.25, 0.3) is 0 Å². The van der Waals surface area contributed by atoms with Gasteiger partial charge in [-0.05, 0) is 30.2 Å². The zero-order chi connectivity index (χ0) is 14.8. The molecule has 20 heavy (non-hydrogen) atoms. The molecule has 1 N–H and O–H groups in total. The first-order chi connectivity index (χ1) is 9.46. The lowest BCUT2D eigenvalue weighted by molar-refractivity contribution is 0.0291. The van der Waals surface area contributed by atoms with Gasteiger partial charge in [0.05, 0.1) is 10.6 Å². The van der Waals surface area contributed by atoms with Crippen molar-refractivity contribution in [1.29, 1.82) is 0 Å². The highest BCUT2D eigenvalue weighted by Crippen LogP contribution is 2.32. The molecule has 4 heteroatoms. The first-order valence-corrected chi connectivity index (χ1v) is 6.75. The van der Waals surface area contributed by atoms with Gasteiger partial charge in [-0.25, -0.2) is 8.78 Å². The van der Waals surface area contributed by atoms with Gasteiger partial charge in [-0.15, -0.1) is 0 Å². The van der Waals surface area contributed by atoms with E-state index in [9.17, 15) is 13.9 Å². The van der Waals surface area contributed by atoms with E-state index in [4.69, 9.17) is 11.6 Å². The summed E-state index contributed by atoms with van der Waals surface area (Å²) in [6.07, 6.45) is 0.507. The van der Waals surface area contributed by atoms with Gasteiger partial charge in [-0.3, -0.25) is 0 Å². The fourth-order valence-electron chi connectivity index (χ4n) is 2.24. The predicted octanol–water partition coefficient (Wildman–Crippen LogP) is 4.46. The van der Waals surface area contributed by atoms with E-state index in [2.05, 4.69) is 0 Å². The number of rotatable bonds is 4. The number of aliphatic hydroxyl groups is 1. The molecular weight excluding hydrogens is 282 g/mol. The van der Waals surface area contributed by atoms with Crippen LogP contribution in [0.25, 0.3) is 0 Å². The van der Waals surface area contributed by atoms with E-state index >= 15 is 0 Å². The largest absolute Gasteiger partial charge is 0.385 e. The second kappa shape index (κ2) is 5.90. The number of hydrogen-bond donors (Lipinski definition) is 1. The van der Waals surface area contributed by atoms with Crippen molar-refractivity contribution < 1.29 is 13.9 Å². The lowest BCUT2D eigenvalue weighted by Gasteiger charge is -2.28. The van der Waals surface area contributed by atoms with Crippen molar-refractivity contribution in [3.8, 4) is 0 Å². The van der Waals surface area contributed by atoms with Crippen LogP contribution in [0.15, 0.2) is 42.5 Å². The number of hydrogen-bond acceptors (Lipinski definition) is 1. The Labute approximate surface area is 121 Å². The molecule has 1 nitrogen and oxygen atoms in total. The number of halogens is 3. The van der Waals surface area contributed by atoms with Crippen LogP contribution in [0, 0.1) is 11.6 Å². The molecule has 0 heterocycles. The Morgan fingerprint density at radius 2 is 1.80 bits per heavy atom. The molecule has 0 aliphatic carbocycles. The van der Waals surface area contributed by atoms with Crippen LogP contribution in [0.3, 0.4) is 0 Å². The van der Waals surface area contributed by atoms with E-state index in [1.165, 1.54) is 18.2 Å². The summed E-state index contributed by atoms with van der Waals surface area (Å²) in [4.78, 5) is 0. The lowest BCUT2D eigenvalue weighted by atomic mass is 9.85. The molecule has 0 aliphatic heterocycles. The van der Waals surface area contributed by atoms with Crippen LogP contribution in [-0.4, -0.2) is 5.11 Å². The zero-order valence-corrected chi connectivity index (χ0v) is 11.8. The molecular formula is C16H15ClF2O. The summed E-state index contributed by atoms with van der Waals surface area (Å²) in [5.74, 6) is -0.966. The van der Waals surface area contributed by atoms with E-state index in [0.29, 0.717) is 12.0 Å². The van der Waals surface area contributed by atoms with Crippen LogP contribution in [0.4, 0.5) is 8.78 Å². The normalized spacial score (nSPS) is 14.1. The molecule has 1 atom stereocenters. The van der Waals surface area contributed by atoms with Crippen LogP contribution in [0.2, 0.25) is 5.02 Å². The molecule has 0 saturated heterocycles. The maximum atomic E-state index is 13.9. The smallest absolute Gasteiger partial charge is 0.141 e. The Morgan fingerprint density at radius 1 is 1.10 bits per heavy atom. The molecule has 0 amide bonds. The van der Waals surface area contributed by atoms with Gasteiger partial charge in [0.15, 0.2) is 0 Å². The second-order valence-electron chi connectivity index (χ2n) is 4.79. The minimum atomic E-state index is -1.34. The van der Waals surface area contributed by atoms with Crippen molar-refractivity contribution >= 4 is 11.6 Å². The van der Waals surface area contributed by atoms with Gasteiger partial charge in [-0.1, -0.05) is 42.8 Å². The standard InChI is InChI=1S/C16H15ClF2O/c1-2-16(20,12-5-3-4-6-14(12)18)10-11-7-8-15(19)13(17)9-11/h3-9,20H,2,10H2,1H3. The summed E-state index contributed by atoms with van der Waals surface area (Å²) in [5.41, 5.74) is -0.445. The summed E-state index contributed by atoms with van der Waals surface area (Å²) in [6, 6.07) is 10.4. The van der Waals surface area contributed by atoms with Crippen molar-refractivity contribution in [1.82, 2.24) is 0 Å². The summed E-state index contributed by atoms with van der Waals surface area (Å²) in [5, 5.41) is 10.7. The van der Waals surface area contributed by atoms with Crippen molar-refractivity contribution in [2.45, 2.75) is 25.4 Å². The van der Waals surface area contributed by atoms with Crippen molar-refractivity contribution in [3.63, 3.8) is 0 Å². The van der Waals surface area contributed by atoms with Gasteiger partial charge in [-0.2, -0.15) is 0 Å². The summed E-state index contributed by atoms with van der Waals surface area (Å²) >= 11 is 5.73. The summed E-state index contributed by atoms with van der Waals surface area (Å²) < 4.78 is 27.0. The third kappa shape index (κ3) is 3.00. The molecule has 0 fully saturated rings. The molecule has 2 aromatic carbocycles. The Kier molecular flexibility index (Phi) is 4.41. The highest BCUT2D eigenvalue weighted by molar-refractivity contribution is 6.30. The molecule has 106 valence electrons. The average molecular weight is 297 g/mol. The van der Waals surface area contributed by atoms with Crippen LogP contribution in [-0.2, 0) is 12.0 Å². The number of benzene rings is 2. The zero-order valence-electron chi connectivity index (χ0n) is 11.0. The second-order valence-corrected chi connectivity index (χ2v) is 5.20. The highest BCUT2D eigenvalue weighted by Gasteiger charge is 2.30. The van der Waals surface area contributed by atoms with E-state index in [1.54, 1.807) is 31.2 Å². The van der Waals surface area contributed by atoms with Gasteiger partial charge < -0.3 is 5.11 Å². The minimum absolute atomic E-state index is 0.00510. The maximum Gasteiger partial charge on any atom is 0.141 e. The monoisotopic (exact) mass is 296 g/mol. The quantitative estimate of drug-likeness (QED) is 0.883. The Balaban J connectivity index is 2.36. The molecule has 0 radical (unpaired) electrons. The first-order valence-electron chi connectivity index (χ1n) is 6.37. The minimum Gasteiger partial charge on any atom is -0.385 e. The van der Waals surface area contributed by atoms with Gasteiger partial charge >= 0.3 is 0 Å². The van der Waals surface area contributed by atoms with Gasteiger partial charge in [0, 0.05) is 12.0 Å². The highest BCUT2D eigenvalue weighted by atomic mass is 35.5. The van der Waals surface area contributed by atoms with E-state index in [1.807, 2.05) is 0 Å². The van der Waals surface area contributed by atoms with Crippen molar-refractivity contribution in [2.24, 2.45) is 0 Å². The lowest BCUT2D eigenvalue weighted by Crippen LogP contribution is -2.29. The molecule has 0 spiro atoms.